The number of nitrogens with zero attached hydrogens (tertiary/aromatic N) is 3. The number of pyridine rings is 2. The van der Waals surface area contributed by atoms with E-state index in [4.69, 9.17) is 39.1 Å². The number of nitrogen functional groups attached to an aromatic ring is 1. The van der Waals surface area contributed by atoms with Crippen LogP contribution in [-0.2, 0) is 6.61 Å². The van der Waals surface area contributed by atoms with E-state index in [1.165, 1.54) is 25.2 Å². The number of hydrogen-bond acceptors (Lipinski definition) is 7. The van der Waals surface area contributed by atoms with Gasteiger partial charge in [0.1, 0.15) is 18.2 Å². The first-order valence-electron chi connectivity index (χ1n) is 10.8. The number of anilines is 2. The highest BCUT2D eigenvalue weighted by Gasteiger charge is 2.45. The first kappa shape index (κ1) is 21.9. The highest BCUT2D eigenvalue weighted by atomic mass is 35.5. The summed E-state index contributed by atoms with van der Waals surface area (Å²) in [7, 11) is 0. The third-order valence-electron chi connectivity index (χ3n) is 6.22. The van der Waals surface area contributed by atoms with E-state index in [2.05, 4.69) is 20.2 Å². The maximum absolute atomic E-state index is 8.71. The summed E-state index contributed by atoms with van der Waals surface area (Å²) in [5, 5.41) is 13.2. The molecule has 0 amide bonds. The highest BCUT2D eigenvalue weighted by molar-refractivity contribution is 6.35. The molecule has 2 aliphatic rings. The lowest BCUT2D eigenvalue weighted by Crippen LogP contribution is -2.52. The summed E-state index contributed by atoms with van der Waals surface area (Å²) < 4.78 is 5.88. The van der Waals surface area contributed by atoms with Crippen molar-refractivity contribution in [1.82, 2.24) is 15.3 Å². The number of ether oxygens (including phenoxy) is 1. The molecule has 7 nitrogen and oxygen atoms in total. The summed E-state index contributed by atoms with van der Waals surface area (Å²) in [6.07, 6.45) is 7.24. The van der Waals surface area contributed by atoms with Gasteiger partial charge in [-0.15, -0.1) is 0 Å². The van der Waals surface area contributed by atoms with Crippen molar-refractivity contribution in [2.45, 2.75) is 25.0 Å². The minimum absolute atomic E-state index is 0.180. The molecule has 5 rings (SSSR count). The van der Waals surface area contributed by atoms with Gasteiger partial charge < -0.3 is 20.7 Å². The van der Waals surface area contributed by atoms with Crippen LogP contribution in [-0.4, -0.2) is 40.9 Å². The Kier molecular flexibility index (Phi) is 5.86. The second kappa shape index (κ2) is 8.82. The number of hydrogen-bond donors (Lipinski definition) is 3. The third-order valence-corrected chi connectivity index (χ3v) is 6.87. The standard InChI is InChI=1S/C24H24Cl2N6O/c25-19-11-29-12-20(26)18(19)13-33-16-2-3-21(27)17(9-16)23(28)15-1-4-22(30-10-15)32-8-7-31-24(14-32)5-6-24/h1-4,9-12,28,31H,5-8,13-14,27H2. The van der Waals surface area contributed by atoms with Crippen molar-refractivity contribution in [3.63, 3.8) is 0 Å². The van der Waals surface area contributed by atoms with Gasteiger partial charge in [-0.2, -0.15) is 0 Å². The first-order valence-corrected chi connectivity index (χ1v) is 11.6. The molecule has 9 heteroatoms. The Hall–Kier alpha value is -2.87. The molecule has 2 aromatic heterocycles. The summed E-state index contributed by atoms with van der Waals surface area (Å²) in [6, 6.07) is 9.15. The maximum atomic E-state index is 8.71. The van der Waals surface area contributed by atoms with E-state index < -0.39 is 0 Å². The van der Waals surface area contributed by atoms with Crippen LogP contribution < -0.4 is 20.7 Å². The van der Waals surface area contributed by atoms with Gasteiger partial charge in [0.25, 0.3) is 0 Å². The molecule has 0 unspecified atom stereocenters. The van der Waals surface area contributed by atoms with Crippen molar-refractivity contribution in [3.05, 3.63) is 75.7 Å². The predicted octanol–water partition coefficient (Wildman–Crippen LogP) is 4.30. The van der Waals surface area contributed by atoms with E-state index in [1.54, 1.807) is 24.4 Å². The van der Waals surface area contributed by atoms with Gasteiger partial charge >= 0.3 is 0 Å². The topological polar surface area (TPSA) is 100 Å². The molecule has 1 spiro atoms. The Balaban J connectivity index is 1.31. The summed E-state index contributed by atoms with van der Waals surface area (Å²) in [4.78, 5) is 10.9. The smallest absolute Gasteiger partial charge is 0.128 e. The summed E-state index contributed by atoms with van der Waals surface area (Å²) in [6.45, 7) is 3.07. The molecule has 1 aliphatic carbocycles. The van der Waals surface area contributed by atoms with E-state index in [9.17, 15) is 0 Å². The average Bonchev–Trinajstić information content (AvgIpc) is 3.57. The third kappa shape index (κ3) is 4.62. The number of piperazine rings is 1. The Morgan fingerprint density at radius 3 is 2.64 bits per heavy atom. The van der Waals surface area contributed by atoms with Crippen LogP contribution in [0, 0.1) is 5.41 Å². The Morgan fingerprint density at radius 2 is 1.94 bits per heavy atom. The number of aromatic nitrogens is 2. The van der Waals surface area contributed by atoms with Gasteiger partial charge in [-0.1, -0.05) is 23.2 Å². The minimum atomic E-state index is 0.180. The van der Waals surface area contributed by atoms with Crippen LogP contribution in [0.1, 0.15) is 29.5 Å². The quantitative estimate of drug-likeness (QED) is 0.357. The van der Waals surface area contributed by atoms with Gasteiger partial charge in [0.05, 0.1) is 15.8 Å². The zero-order valence-corrected chi connectivity index (χ0v) is 19.5. The van der Waals surface area contributed by atoms with E-state index in [0.717, 1.165) is 25.5 Å². The fourth-order valence-electron chi connectivity index (χ4n) is 4.09. The molecule has 0 radical (unpaired) electrons. The van der Waals surface area contributed by atoms with Crippen molar-refractivity contribution >= 4 is 40.4 Å². The van der Waals surface area contributed by atoms with Crippen molar-refractivity contribution in [3.8, 4) is 5.75 Å². The van der Waals surface area contributed by atoms with Crippen LogP contribution in [0.15, 0.2) is 48.9 Å². The van der Waals surface area contributed by atoms with Crippen molar-refractivity contribution in [2.24, 2.45) is 0 Å². The van der Waals surface area contributed by atoms with Crippen molar-refractivity contribution in [2.75, 3.05) is 30.3 Å². The van der Waals surface area contributed by atoms with Gasteiger partial charge in [0.2, 0.25) is 0 Å². The molecule has 1 saturated carbocycles. The second-order valence-corrected chi connectivity index (χ2v) is 9.34. The number of nitrogens with one attached hydrogen (secondary N) is 2. The Morgan fingerprint density at radius 1 is 1.15 bits per heavy atom. The molecule has 1 aromatic carbocycles. The van der Waals surface area contributed by atoms with E-state index >= 15 is 0 Å². The molecule has 0 bridgehead atoms. The fourth-order valence-corrected chi connectivity index (χ4v) is 4.56. The van der Waals surface area contributed by atoms with Crippen molar-refractivity contribution in [1.29, 1.82) is 5.41 Å². The molecule has 2 fully saturated rings. The van der Waals surface area contributed by atoms with Crippen LogP contribution in [0.3, 0.4) is 0 Å². The zero-order chi connectivity index (χ0) is 23.0. The SMILES string of the molecule is N=C(c1ccc(N2CCNC3(CC3)C2)nc1)c1cc(OCc2c(Cl)cncc2Cl)ccc1N. The van der Waals surface area contributed by atoms with Crippen LogP contribution in [0.25, 0.3) is 0 Å². The Bertz CT molecular complexity index is 1180. The molecular weight excluding hydrogens is 459 g/mol. The molecule has 1 saturated heterocycles. The van der Waals surface area contributed by atoms with Gasteiger partial charge in [-0.05, 0) is 43.2 Å². The minimum Gasteiger partial charge on any atom is -0.489 e. The van der Waals surface area contributed by atoms with Crippen LogP contribution >= 0.6 is 23.2 Å². The molecule has 0 atom stereocenters. The number of benzene rings is 1. The molecular formula is C24H24Cl2N6O. The predicted molar refractivity (Wildman–Crippen MR) is 132 cm³/mol. The van der Waals surface area contributed by atoms with Crippen molar-refractivity contribution < 1.29 is 4.74 Å². The van der Waals surface area contributed by atoms with Gasteiger partial charge in [-0.3, -0.25) is 10.4 Å². The van der Waals surface area contributed by atoms with Gasteiger partial charge in [-0.25, -0.2) is 4.98 Å². The zero-order valence-electron chi connectivity index (χ0n) is 17.9. The number of rotatable bonds is 6. The monoisotopic (exact) mass is 482 g/mol. The summed E-state index contributed by atoms with van der Waals surface area (Å²) in [5.41, 5.74) is 9.18. The molecule has 3 aromatic rings. The molecule has 1 aliphatic heterocycles. The van der Waals surface area contributed by atoms with Crippen LogP contribution in [0.2, 0.25) is 10.0 Å². The van der Waals surface area contributed by atoms with Crippen LogP contribution in [0.4, 0.5) is 11.5 Å². The van der Waals surface area contributed by atoms with E-state index in [-0.39, 0.29) is 17.9 Å². The van der Waals surface area contributed by atoms with E-state index in [0.29, 0.717) is 38.2 Å². The lowest BCUT2D eigenvalue weighted by molar-refractivity contribution is 0.306. The lowest BCUT2D eigenvalue weighted by atomic mass is 10.0. The normalized spacial score (nSPS) is 16.6. The van der Waals surface area contributed by atoms with Gasteiger partial charge in [0, 0.05) is 66.1 Å². The summed E-state index contributed by atoms with van der Waals surface area (Å²) >= 11 is 12.4. The molecule has 170 valence electrons. The average molecular weight is 483 g/mol. The van der Waals surface area contributed by atoms with Gasteiger partial charge in [0.15, 0.2) is 0 Å². The molecule has 4 N–H and O–H groups in total. The largest absolute Gasteiger partial charge is 0.489 e. The fraction of sp³-hybridized carbons (Fsp3) is 0.292. The Labute approximate surface area is 202 Å². The highest BCUT2D eigenvalue weighted by Crippen LogP contribution is 2.38. The maximum Gasteiger partial charge on any atom is 0.128 e. The summed E-state index contributed by atoms with van der Waals surface area (Å²) in [5.74, 6) is 1.50. The number of halogens is 2. The lowest BCUT2D eigenvalue weighted by Gasteiger charge is -2.34. The number of nitrogens with two attached hydrogens (primary N) is 1. The first-order chi connectivity index (χ1) is 15.9. The van der Waals surface area contributed by atoms with Crippen LogP contribution in [0.5, 0.6) is 5.75 Å². The second-order valence-electron chi connectivity index (χ2n) is 8.53. The molecule has 33 heavy (non-hydrogen) atoms. The van der Waals surface area contributed by atoms with E-state index in [1.807, 2.05) is 12.1 Å². The molecule has 3 heterocycles.